The molecular weight excluding hydrogens is 188 g/mol. The van der Waals surface area contributed by atoms with Crippen molar-refractivity contribution in [1.82, 2.24) is 20.1 Å². The van der Waals surface area contributed by atoms with Gasteiger partial charge in [-0.25, -0.2) is 0 Å². The predicted octanol–water partition coefficient (Wildman–Crippen LogP) is 1.65. The fourth-order valence-electron chi connectivity index (χ4n) is 1.44. The fourth-order valence-corrected chi connectivity index (χ4v) is 1.44. The van der Waals surface area contributed by atoms with Gasteiger partial charge in [0.1, 0.15) is 11.6 Å². The Labute approximate surface area is 92.1 Å². The predicted molar refractivity (Wildman–Crippen MR) is 61.5 cm³/mol. The van der Waals surface area contributed by atoms with Crippen molar-refractivity contribution in [3.63, 3.8) is 0 Å². The van der Waals surface area contributed by atoms with Gasteiger partial charge < -0.3 is 9.88 Å². The van der Waals surface area contributed by atoms with Crippen LogP contribution < -0.4 is 5.32 Å². The minimum absolute atomic E-state index is 0.795. The molecule has 0 amide bonds. The van der Waals surface area contributed by atoms with Crippen LogP contribution in [0.15, 0.2) is 0 Å². The average molecular weight is 210 g/mol. The van der Waals surface area contributed by atoms with Crippen LogP contribution in [0.5, 0.6) is 0 Å². The molecule has 0 aliphatic rings. The van der Waals surface area contributed by atoms with Gasteiger partial charge in [-0.2, -0.15) is 0 Å². The van der Waals surface area contributed by atoms with Crippen LogP contribution in [0, 0.1) is 12.8 Å². The molecule has 4 heteroatoms. The quantitative estimate of drug-likeness (QED) is 0.726. The first-order chi connectivity index (χ1) is 7.11. The molecule has 86 valence electrons. The molecule has 0 fully saturated rings. The molecule has 0 aromatic carbocycles. The number of aryl methyl sites for hydroxylation is 1. The van der Waals surface area contributed by atoms with Gasteiger partial charge in [0, 0.05) is 7.05 Å². The van der Waals surface area contributed by atoms with Crippen LogP contribution in [0.25, 0.3) is 0 Å². The average Bonchev–Trinajstić information content (AvgIpc) is 2.48. The van der Waals surface area contributed by atoms with Crippen molar-refractivity contribution in [2.24, 2.45) is 13.0 Å². The molecule has 0 unspecified atom stereocenters. The monoisotopic (exact) mass is 210 g/mol. The van der Waals surface area contributed by atoms with E-state index in [4.69, 9.17) is 0 Å². The summed E-state index contributed by atoms with van der Waals surface area (Å²) in [7, 11) is 2.00. The third-order valence-electron chi connectivity index (χ3n) is 2.60. The molecule has 1 rings (SSSR count). The molecule has 0 atom stereocenters. The number of hydrogen-bond acceptors (Lipinski definition) is 3. The lowest BCUT2D eigenvalue weighted by Crippen LogP contribution is -2.18. The topological polar surface area (TPSA) is 42.7 Å². The Kier molecular flexibility index (Phi) is 4.75. The van der Waals surface area contributed by atoms with E-state index in [0.717, 1.165) is 30.7 Å². The number of aromatic nitrogens is 3. The van der Waals surface area contributed by atoms with Gasteiger partial charge >= 0.3 is 0 Å². The van der Waals surface area contributed by atoms with E-state index in [1.54, 1.807) is 0 Å². The van der Waals surface area contributed by atoms with E-state index in [2.05, 4.69) is 29.4 Å². The van der Waals surface area contributed by atoms with Crippen molar-refractivity contribution in [2.45, 2.75) is 40.2 Å². The van der Waals surface area contributed by atoms with Gasteiger partial charge in [0.15, 0.2) is 0 Å². The first kappa shape index (κ1) is 12.2. The SMILES string of the molecule is Cc1nnc(CNCCCC(C)C)n1C. The summed E-state index contributed by atoms with van der Waals surface area (Å²) in [5.74, 6) is 2.77. The van der Waals surface area contributed by atoms with Crippen LogP contribution >= 0.6 is 0 Å². The molecule has 0 bridgehead atoms. The lowest BCUT2D eigenvalue weighted by Gasteiger charge is -2.06. The molecule has 0 saturated carbocycles. The normalized spacial score (nSPS) is 11.3. The lowest BCUT2D eigenvalue weighted by molar-refractivity contribution is 0.520. The summed E-state index contributed by atoms with van der Waals surface area (Å²) in [6, 6.07) is 0. The van der Waals surface area contributed by atoms with Gasteiger partial charge in [-0.05, 0) is 32.2 Å². The second-order valence-electron chi connectivity index (χ2n) is 4.44. The molecular formula is C11H22N4. The number of hydrogen-bond donors (Lipinski definition) is 1. The van der Waals surface area contributed by atoms with Gasteiger partial charge in [0.2, 0.25) is 0 Å². The van der Waals surface area contributed by atoms with Crippen molar-refractivity contribution in [3.05, 3.63) is 11.6 Å². The fraction of sp³-hybridized carbons (Fsp3) is 0.818. The number of rotatable bonds is 6. The molecule has 4 nitrogen and oxygen atoms in total. The van der Waals surface area contributed by atoms with Gasteiger partial charge in [-0.1, -0.05) is 13.8 Å². The summed E-state index contributed by atoms with van der Waals surface area (Å²) in [5, 5.41) is 11.5. The number of nitrogens with zero attached hydrogens (tertiary/aromatic N) is 3. The zero-order valence-electron chi connectivity index (χ0n) is 10.2. The van der Waals surface area contributed by atoms with Gasteiger partial charge in [0.25, 0.3) is 0 Å². The van der Waals surface area contributed by atoms with Crippen LogP contribution in [0.1, 0.15) is 38.3 Å². The Hall–Kier alpha value is -0.900. The van der Waals surface area contributed by atoms with E-state index < -0.39 is 0 Å². The molecule has 0 radical (unpaired) electrons. The van der Waals surface area contributed by atoms with Crippen LogP contribution in [-0.4, -0.2) is 21.3 Å². The molecule has 0 aliphatic heterocycles. The van der Waals surface area contributed by atoms with Gasteiger partial charge in [-0.15, -0.1) is 10.2 Å². The van der Waals surface area contributed by atoms with Crippen molar-refractivity contribution in [2.75, 3.05) is 6.54 Å². The van der Waals surface area contributed by atoms with Crippen molar-refractivity contribution in [3.8, 4) is 0 Å². The maximum atomic E-state index is 4.10. The second-order valence-corrected chi connectivity index (χ2v) is 4.44. The highest BCUT2D eigenvalue weighted by atomic mass is 15.3. The molecule has 0 aliphatic carbocycles. The maximum absolute atomic E-state index is 4.10. The van der Waals surface area contributed by atoms with Crippen molar-refractivity contribution < 1.29 is 0 Å². The highest BCUT2D eigenvalue weighted by Crippen LogP contribution is 2.02. The van der Waals surface area contributed by atoms with E-state index in [9.17, 15) is 0 Å². The van der Waals surface area contributed by atoms with Crippen LogP contribution in [0.3, 0.4) is 0 Å². The van der Waals surface area contributed by atoms with Crippen molar-refractivity contribution >= 4 is 0 Å². The van der Waals surface area contributed by atoms with Gasteiger partial charge in [-0.3, -0.25) is 0 Å². The second kappa shape index (κ2) is 5.85. The van der Waals surface area contributed by atoms with E-state index in [1.165, 1.54) is 12.8 Å². The molecule has 1 heterocycles. The van der Waals surface area contributed by atoms with E-state index in [0.29, 0.717) is 0 Å². The van der Waals surface area contributed by atoms with Crippen LogP contribution in [-0.2, 0) is 13.6 Å². The maximum Gasteiger partial charge on any atom is 0.146 e. The number of nitrogens with one attached hydrogen (secondary N) is 1. The summed E-state index contributed by atoms with van der Waals surface area (Å²) in [4.78, 5) is 0. The van der Waals surface area contributed by atoms with Crippen molar-refractivity contribution in [1.29, 1.82) is 0 Å². The summed E-state index contributed by atoms with van der Waals surface area (Å²) in [5.41, 5.74) is 0. The highest BCUT2D eigenvalue weighted by Gasteiger charge is 2.03. The Bertz CT molecular complexity index is 291. The van der Waals surface area contributed by atoms with E-state index in [-0.39, 0.29) is 0 Å². The van der Waals surface area contributed by atoms with E-state index >= 15 is 0 Å². The Morgan fingerprint density at radius 1 is 1.33 bits per heavy atom. The third kappa shape index (κ3) is 4.00. The van der Waals surface area contributed by atoms with Crippen LogP contribution in [0.4, 0.5) is 0 Å². The van der Waals surface area contributed by atoms with Crippen LogP contribution in [0.2, 0.25) is 0 Å². The standard InChI is InChI=1S/C11H22N4/c1-9(2)6-5-7-12-8-11-14-13-10(3)15(11)4/h9,12H,5-8H2,1-4H3. The molecule has 1 aromatic heterocycles. The molecule has 15 heavy (non-hydrogen) atoms. The Morgan fingerprint density at radius 2 is 2.07 bits per heavy atom. The highest BCUT2D eigenvalue weighted by molar-refractivity contribution is 4.91. The summed E-state index contributed by atoms with van der Waals surface area (Å²) in [6.45, 7) is 8.35. The Morgan fingerprint density at radius 3 is 2.60 bits per heavy atom. The minimum Gasteiger partial charge on any atom is -0.317 e. The van der Waals surface area contributed by atoms with E-state index in [1.807, 2.05) is 18.5 Å². The zero-order valence-corrected chi connectivity index (χ0v) is 10.2. The lowest BCUT2D eigenvalue weighted by atomic mass is 10.1. The molecule has 0 saturated heterocycles. The largest absolute Gasteiger partial charge is 0.317 e. The Balaban J connectivity index is 2.18. The minimum atomic E-state index is 0.795. The molecule has 1 aromatic rings. The first-order valence-electron chi connectivity index (χ1n) is 5.67. The molecule has 0 spiro atoms. The summed E-state index contributed by atoms with van der Waals surface area (Å²) < 4.78 is 2.02. The summed E-state index contributed by atoms with van der Waals surface area (Å²) in [6.07, 6.45) is 2.51. The first-order valence-corrected chi connectivity index (χ1v) is 5.67. The third-order valence-corrected chi connectivity index (χ3v) is 2.60. The van der Waals surface area contributed by atoms with Gasteiger partial charge in [0.05, 0.1) is 6.54 Å². The zero-order chi connectivity index (χ0) is 11.3. The smallest absolute Gasteiger partial charge is 0.146 e. The molecule has 1 N–H and O–H groups in total. The summed E-state index contributed by atoms with van der Waals surface area (Å²) >= 11 is 0.